The highest BCUT2D eigenvalue weighted by Crippen LogP contribution is 2.21. The minimum atomic E-state index is -0.0604. The van der Waals surface area contributed by atoms with Gasteiger partial charge in [-0.1, -0.05) is 0 Å². The molecule has 0 aliphatic carbocycles. The molecule has 0 aliphatic rings. The summed E-state index contributed by atoms with van der Waals surface area (Å²) in [7, 11) is 0. The lowest BCUT2D eigenvalue weighted by Crippen LogP contribution is -2.11. The highest BCUT2D eigenvalue weighted by molar-refractivity contribution is 5.30. The van der Waals surface area contributed by atoms with E-state index in [1.807, 2.05) is 20.8 Å². The van der Waals surface area contributed by atoms with Crippen LogP contribution in [0.2, 0.25) is 0 Å². The van der Waals surface area contributed by atoms with Crippen molar-refractivity contribution in [1.29, 1.82) is 0 Å². The van der Waals surface area contributed by atoms with Crippen LogP contribution < -0.4 is 15.2 Å². The second-order valence-corrected chi connectivity index (χ2v) is 4.11. The van der Waals surface area contributed by atoms with Crippen LogP contribution in [0, 0.1) is 6.92 Å². The number of aryl methyl sites for hydroxylation is 1. The molecule has 0 spiro atoms. The summed E-state index contributed by atoms with van der Waals surface area (Å²) in [5.74, 6) is 0.603. The van der Waals surface area contributed by atoms with E-state index in [1.54, 1.807) is 18.3 Å². The maximum atomic E-state index is 5.59. The molecule has 0 aromatic carbocycles. The van der Waals surface area contributed by atoms with Crippen molar-refractivity contribution in [2.24, 2.45) is 0 Å². The first kappa shape index (κ1) is 13.0. The Balaban J connectivity index is 2.25. The Kier molecular flexibility index (Phi) is 3.74. The lowest BCUT2D eigenvalue weighted by Gasteiger charge is -2.10. The summed E-state index contributed by atoms with van der Waals surface area (Å²) in [6, 6.07) is 3.75. The van der Waals surface area contributed by atoms with Crippen molar-refractivity contribution in [2.45, 2.75) is 26.9 Å². The summed E-state index contributed by atoms with van der Waals surface area (Å²) in [5, 5.41) is 0. The molecule has 0 unspecified atom stereocenters. The van der Waals surface area contributed by atoms with Gasteiger partial charge in [-0.25, -0.2) is 0 Å². The summed E-state index contributed by atoms with van der Waals surface area (Å²) < 4.78 is 10.9. The summed E-state index contributed by atoms with van der Waals surface area (Å²) >= 11 is 0. The van der Waals surface area contributed by atoms with Crippen LogP contribution in [0.25, 0.3) is 0 Å². The minimum absolute atomic E-state index is 0.0437. The lowest BCUT2D eigenvalue weighted by atomic mass is 10.3. The van der Waals surface area contributed by atoms with Gasteiger partial charge in [0.15, 0.2) is 5.75 Å². The first-order valence-corrected chi connectivity index (χ1v) is 5.82. The molecule has 0 atom stereocenters. The van der Waals surface area contributed by atoms with E-state index in [9.17, 15) is 0 Å². The molecule has 0 bridgehead atoms. The van der Waals surface area contributed by atoms with E-state index in [4.69, 9.17) is 15.2 Å². The van der Waals surface area contributed by atoms with Crippen LogP contribution in [0.1, 0.15) is 19.5 Å². The normalized spacial score (nSPS) is 10.5. The third-order valence-electron chi connectivity index (χ3n) is 2.11. The predicted octanol–water partition coefficient (Wildman–Crippen LogP) is 1.74. The van der Waals surface area contributed by atoms with Crippen molar-refractivity contribution in [2.75, 3.05) is 5.73 Å². The standard InChI is InChI=1S/C12H15N5O2/c1-7(2)18-11-15-10(13)16-12(17-11)19-9-5-4-6-14-8(9)3/h4-7H,1-3H3,(H2,13,15,16,17). The van der Waals surface area contributed by atoms with Crippen molar-refractivity contribution >= 4 is 5.95 Å². The molecule has 0 amide bonds. The van der Waals surface area contributed by atoms with E-state index in [0.29, 0.717) is 5.75 Å². The Morgan fingerprint density at radius 1 is 1.16 bits per heavy atom. The molecule has 2 N–H and O–H groups in total. The number of hydrogen-bond acceptors (Lipinski definition) is 7. The number of aromatic nitrogens is 4. The molecule has 2 aromatic heterocycles. The zero-order valence-electron chi connectivity index (χ0n) is 11.0. The Bertz CT molecular complexity index is 574. The first-order chi connectivity index (χ1) is 9.04. The number of ether oxygens (including phenoxy) is 2. The number of rotatable bonds is 4. The molecule has 7 nitrogen and oxygen atoms in total. The minimum Gasteiger partial charge on any atom is -0.461 e. The zero-order valence-corrected chi connectivity index (χ0v) is 11.0. The number of nitrogen functional groups attached to an aromatic ring is 1. The highest BCUT2D eigenvalue weighted by Gasteiger charge is 2.10. The number of hydrogen-bond donors (Lipinski definition) is 1. The molecule has 2 rings (SSSR count). The van der Waals surface area contributed by atoms with Gasteiger partial charge < -0.3 is 15.2 Å². The van der Waals surface area contributed by atoms with Gasteiger partial charge in [0, 0.05) is 6.20 Å². The first-order valence-electron chi connectivity index (χ1n) is 5.82. The monoisotopic (exact) mass is 261 g/mol. The van der Waals surface area contributed by atoms with Gasteiger partial charge in [0.25, 0.3) is 0 Å². The maximum Gasteiger partial charge on any atom is 0.330 e. The second-order valence-electron chi connectivity index (χ2n) is 4.11. The van der Waals surface area contributed by atoms with E-state index < -0.39 is 0 Å². The molecule has 0 saturated heterocycles. The van der Waals surface area contributed by atoms with E-state index in [-0.39, 0.29) is 24.1 Å². The van der Waals surface area contributed by atoms with Gasteiger partial charge >= 0.3 is 12.0 Å². The van der Waals surface area contributed by atoms with Crippen LogP contribution in [0.5, 0.6) is 17.8 Å². The van der Waals surface area contributed by atoms with Crippen LogP contribution in [0.3, 0.4) is 0 Å². The molecule has 7 heteroatoms. The van der Waals surface area contributed by atoms with E-state index in [1.165, 1.54) is 0 Å². The molecule has 2 aromatic rings. The third-order valence-corrected chi connectivity index (χ3v) is 2.11. The maximum absolute atomic E-state index is 5.59. The number of nitrogens with zero attached hydrogens (tertiary/aromatic N) is 4. The quantitative estimate of drug-likeness (QED) is 0.895. The predicted molar refractivity (Wildman–Crippen MR) is 69.1 cm³/mol. The second kappa shape index (κ2) is 5.47. The van der Waals surface area contributed by atoms with Crippen LogP contribution >= 0.6 is 0 Å². The van der Waals surface area contributed by atoms with Gasteiger partial charge in [-0.2, -0.15) is 9.97 Å². The summed E-state index contributed by atoms with van der Waals surface area (Å²) in [4.78, 5) is 15.9. The Labute approximate surface area is 110 Å². The fourth-order valence-corrected chi connectivity index (χ4v) is 1.34. The molecule has 2 heterocycles. The van der Waals surface area contributed by atoms with Gasteiger partial charge in [0.2, 0.25) is 5.95 Å². The van der Waals surface area contributed by atoms with E-state index >= 15 is 0 Å². The largest absolute Gasteiger partial charge is 0.461 e. The Morgan fingerprint density at radius 3 is 2.58 bits per heavy atom. The van der Waals surface area contributed by atoms with Crippen molar-refractivity contribution < 1.29 is 9.47 Å². The molecule has 100 valence electrons. The van der Waals surface area contributed by atoms with Crippen LogP contribution in [0.15, 0.2) is 18.3 Å². The van der Waals surface area contributed by atoms with Crippen molar-refractivity contribution in [3.05, 3.63) is 24.0 Å². The fraction of sp³-hybridized carbons (Fsp3) is 0.333. The summed E-state index contributed by atoms with van der Waals surface area (Å²) in [6.45, 7) is 5.56. The number of anilines is 1. The van der Waals surface area contributed by atoms with Crippen molar-refractivity contribution in [1.82, 2.24) is 19.9 Å². The number of nitrogens with two attached hydrogens (primary N) is 1. The van der Waals surface area contributed by atoms with Gasteiger partial charge in [-0.05, 0) is 32.9 Å². The molecular formula is C12H15N5O2. The van der Waals surface area contributed by atoms with Gasteiger partial charge in [-0.15, -0.1) is 4.98 Å². The van der Waals surface area contributed by atoms with E-state index in [0.717, 1.165) is 5.69 Å². The summed E-state index contributed by atoms with van der Waals surface area (Å²) in [5.41, 5.74) is 6.32. The third kappa shape index (κ3) is 3.51. The smallest absolute Gasteiger partial charge is 0.330 e. The zero-order chi connectivity index (χ0) is 13.8. The van der Waals surface area contributed by atoms with Crippen LogP contribution in [-0.2, 0) is 0 Å². The van der Waals surface area contributed by atoms with Crippen LogP contribution in [-0.4, -0.2) is 26.0 Å². The molecule has 0 saturated carbocycles. The average molecular weight is 261 g/mol. The summed E-state index contributed by atoms with van der Waals surface area (Å²) in [6.07, 6.45) is 1.62. The SMILES string of the molecule is Cc1ncccc1Oc1nc(N)nc(OC(C)C)n1. The fourth-order valence-electron chi connectivity index (χ4n) is 1.34. The highest BCUT2D eigenvalue weighted by atomic mass is 16.5. The van der Waals surface area contributed by atoms with Gasteiger partial charge in [-0.3, -0.25) is 4.98 Å². The van der Waals surface area contributed by atoms with E-state index in [2.05, 4.69) is 19.9 Å². The van der Waals surface area contributed by atoms with Crippen molar-refractivity contribution in [3.63, 3.8) is 0 Å². The Morgan fingerprint density at radius 2 is 1.89 bits per heavy atom. The van der Waals surface area contributed by atoms with Gasteiger partial charge in [0.05, 0.1) is 11.8 Å². The van der Waals surface area contributed by atoms with Crippen molar-refractivity contribution in [3.8, 4) is 17.8 Å². The average Bonchev–Trinajstić information content (AvgIpc) is 2.30. The molecule has 0 aliphatic heterocycles. The lowest BCUT2D eigenvalue weighted by molar-refractivity contribution is 0.218. The molecule has 0 fully saturated rings. The van der Waals surface area contributed by atoms with Crippen LogP contribution in [0.4, 0.5) is 5.95 Å². The number of pyridine rings is 1. The van der Waals surface area contributed by atoms with Gasteiger partial charge in [0.1, 0.15) is 0 Å². The topological polar surface area (TPSA) is 96.0 Å². The molecule has 19 heavy (non-hydrogen) atoms. The Hall–Kier alpha value is -2.44. The molecule has 0 radical (unpaired) electrons. The molecular weight excluding hydrogens is 246 g/mol.